The summed E-state index contributed by atoms with van der Waals surface area (Å²) < 4.78 is 20.1. The van der Waals surface area contributed by atoms with E-state index in [1.54, 1.807) is 0 Å². The van der Waals surface area contributed by atoms with Crippen molar-refractivity contribution in [1.29, 1.82) is 0 Å². The lowest BCUT2D eigenvalue weighted by molar-refractivity contribution is 0.0943. The van der Waals surface area contributed by atoms with Gasteiger partial charge >= 0.3 is 0 Å². The first kappa shape index (κ1) is 21.2. The number of halogens is 1. The summed E-state index contributed by atoms with van der Waals surface area (Å²) in [7, 11) is 0. The van der Waals surface area contributed by atoms with E-state index in [4.69, 9.17) is 4.74 Å². The molecule has 2 aromatic carbocycles. The maximum absolute atomic E-state index is 13.1. The van der Waals surface area contributed by atoms with E-state index >= 15 is 0 Å². The smallest absolute Gasteiger partial charge is 0.272 e. The number of nitrogens with zero attached hydrogens (tertiary/aromatic N) is 2. The highest BCUT2D eigenvalue weighted by Gasteiger charge is 2.12. The normalized spacial score (nSPS) is 10.8. The highest BCUT2D eigenvalue weighted by molar-refractivity contribution is 5.92. The van der Waals surface area contributed by atoms with Gasteiger partial charge < -0.3 is 10.1 Å². The number of benzene rings is 2. The van der Waals surface area contributed by atoms with Gasteiger partial charge in [0.1, 0.15) is 17.3 Å². The summed E-state index contributed by atoms with van der Waals surface area (Å²) in [5.41, 5.74) is 0.889. The van der Waals surface area contributed by atoms with Crippen LogP contribution in [-0.4, -0.2) is 22.3 Å². The Hall–Kier alpha value is -3.48. The lowest BCUT2D eigenvalue weighted by atomic mass is 10.1. The third kappa shape index (κ3) is 5.53. The van der Waals surface area contributed by atoms with Crippen LogP contribution in [0.15, 0.2) is 65.5 Å². The number of carbonyl (C=O) groups is 1. The number of carbonyl (C=O) groups excluding carboxylic acids is 1. The lowest BCUT2D eigenvalue weighted by Gasteiger charge is -2.13. The zero-order valence-corrected chi connectivity index (χ0v) is 17.0. The minimum absolute atomic E-state index is 0.0807. The second kappa shape index (κ2) is 9.82. The van der Waals surface area contributed by atoms with Crippen molar-refractivity contribution in [1.82, 2.24) is 15.1 Å². The van der Waals surface area contributed by atoms with E-state index in [-0.39, 0.29) is 12.2 Å². The van der Waals surface area contributed by atoms with Crippen molar-refractivity contribution in [2.24, 2.45) is 5.92 Å². The number of ether oxygens (including phenoxy) is 1. The Balaban J connectivity index is 1.71. The molecule has 30 heavy (non-hydrogen) atoms. The van der Waals surface area contributed by atoms with Gasteiger partial charge in [0.25, 0.3) is 11.5 Å². The highest BCUT2D eigenvalue weighted by Crippen LogP contribution is 2.18. The Morgan fingerprint density at radius 1 is 1.10 bits per heavy atom. The molecule has 156 valence electrons. The average molecular weight is 409 g/mol. The zero-order chi connectivity index (χ0) is 21.5. The SMILES string of the molecule is CC(C)CCOc1ccccc1CNC(=O)c1ccc(=O)n(-c2ccc(F)cc2)n1. The van der Waals surface area contributed by atoms with E-state index in [0.717, 1.165) is 22.4 Å². The van der Waals surface area contributed by atoms with Crippen molar-refractivity contribution in [2.45, 2.75) is 26.8 Å². The quantitative estimate of drug-likeness (QED) is 0.615. The standard InChI is InChI=1S/C23H24FN3O3/c1-16(2)13-14-30-21-6-4-3-5-17(21)15-25-23(29)20-11-12-22(28)27(26-20)19-9-7-18(24)8-10-19/h3-12,16H,13-15H2,1-2H3,(H,25,29). The summed E-state index contributed by atoms with van der Waals surface area (Å²) in [6.45, 7) is 5.13. The van der Waals surface area contributed by atoms with Crippen LogP contribution in [0.3, 0.4) is 0 Å². The second-order valence-electron chi connectivity index (χ2n) is 7.27. The molecule has 0 unspecified atom stereocenters. The Kier molecular flexibility index (Phi) is 6.95. The molecule has 0 spiro atoms. The summed E-state index contributed by atoms with van der Waals surface area (Å²) in [5.74, 6) is 0.417. The van der Waals surface area contributed by atoms with Crippen LogP contribution in [0.2, 0.25) is 0 Å². The first-order valence-electron chi connectivity index (χ1n) is 9.79. The summed E-state index contributed by atoms with van der Waals surface area (Å²) in [6.07, 6.45) is 0.940. The molecule has 3 aromatic rings. The minimum Gasteiger partial charge on any atom is -0.493 e. The van der Waals surface area contributed by atoms with Gasteiger partial charge in [0.15, 0.2) is 0 Å². The Morgan fingerprint density at radius 2 is 1.83 bits per heavy atom. The van der Waals surface area contributed by atoms with Crippen LogP contribution in [0.25, 0.3) is 5.69 Å². The van der Waals surface area contributed by atoms with E-state index < -0.39 is 17.3 Å². The third-order valence-electron chi connectivity index (χ3n) is 4.47. The van der Waals surface area contributed by atoms with Crippen LogP contribution in [0, 0.1) is 11.7 Å². The highest BCUT2D eigenvalue weighted by atomic mass is 19.1. The molecule has 7 heteroatoms. The Bertz CT molecular complexity index is 1060. The topological polar surface area (TPSA) is 73.2 Å². The van der Waals surface area contributed by atoms with Crippen LogP contribution in [-0.2, 0) is 6.54 Å². The van der Waals surface area contributed by atoms with Crippen LogP contribution in [0.5, 0.6) is 5.75 Å². The van der Waals surface area contributed by atoms with Crippen LogP contribution >= 0.6 is 0 Å². The van der Waals surface area contributed by atoms with Gasteiger partial charge in [-0.15, -0.1) is 0 Å². The van der Waals surface area contributed by atoms with Crippen molar-refractivity contribution in [3.63, 3.8) is 0 Å². The maximum atomic E-state index is 13.1. The first-order valence-corrected chi connectivity index (χ1v) is 9.79. The number of rotatable bonds is 8. The number of nitrogens with one attached hydrogen (secondary N) is 1. The molecule has 0 saturated heterocycles. The molecule has 1 N–H and O–H groups in total. The fourth-order valence-electron chi connectivity index (χ4n) is 2.76. The van der Waals surface area contributed by atoms with Gasteiger partial charge in [-0.25, -0.2) is 4.39 Å². The number of para-hydroxylation sites is 1. The minimum atomic E-state index is -0.428. The average Bonchev–Trinajstić information content (AvgIpc) is 2.73. The molecule has 0 radical (unpaired) electrons. The molecule has 1 aromatic heterocycles. The largest absolute Gasteiger partial charge is 0.493 e. The number of aromatic nitrogens is 2. The third-order valence-corrected chi connectivity index (χ3v) is 4.47. The van der Waals surface area contributed by atoms with Gasteiger partial charge in [-0.3, -0.25) is 9.59 Å². The summed E-state index contributed by atoms with van der Waals surface area (Å²) in [5, 5.41) is 6.92. The van der Waals surface area contributed by atoms with Crippen LogP contribution in [0.1, 0.15) is 36.3 Å². The molecular formula is C23H24FN3O3. The fraction of sp³-hybridized carbons (Fsp3) is 0.261. The molecule has 6 nitrogen and oxygen atoms in total. The Morgan fingerprint density at radius 3 is 2.57 bits per heavy atom. The van der Waals surface area contributed by atoms with Crippen LogP contribution in [0.4, 0.5) is 4.39 Å². The molecule has 1 amide bonds. The van der Waals surface area contributed by atoms with Gasteiger partial charge in [0, 0.05) is 18.2 Å². The van der Waals surface area contributed by atoms with Crippen LogP contribution < -0.4 is 15.6 Å². The molecular weight excluding hydrogens is 385 g/mol. The summed E-state index contributed by atoms with van der Waals surface area (Å²) >= 11 is 0. The van der Waals surface area contributed by atoms with E-state index in [1.807, 2.05) is 24.3 Å². The van der Waals surface area contributed by atoms with E-state index in [1.165, 1.54) is 36.4 Å². The number of hydrogen-bond acceptors (Lipinski definition) is 4. The zero-order valence-electron chi connectivity index (χ0n) is 17.0. The molecule has 0 atom stereocenters. The van der Waals surface area contributed by atoms with Gasteiger partial charge in [0.05, 0.1) is 12.3 Å². The van der Waals surface area contributed by atoms with Gasteiger partial charge in [-0.2, -0.15) is 9.78 Å². The molecule has 0 bridgehead atoms. The van der Waals surface area contributed by atoms with Crippen molar-refractivity contribution in [3.8, 4) is 11.4 Å². The van der Waals surface area contributed by atoms with Crippen molar-refractivity contribution in [2.75, 3.05) is 6.61 Å². The van der Waals surface area contributed by atoms with E-state index in [0.29, 0.717) is 18.2 Å². The van der Waals surface area contributed by atoms with Gasteiger partial charge in [-0.1, -0.05) is 32.0 Å². The molecule has 0 aliphatic rings. The van der Waals surface area contributed by atoms with Crippen molar-refractivity contribution >= 4 is 5.91 Å². The van der Waals surface area contributed by atoms with Gasteiger partial charge in [-0.05, 0) is 48.7 Å². The lowest BCUT2D eigenvalue weighted by Crippen LogP contribution is -2.28. The first-order chi connectivity index (χ1) is 14.4. The van der Waals surface area contributed by atoms with Gasteiger partial charge in [0.2, 0.25) is 0 Å². The summed E-state index contributed by atoms with van der Waals surface area (Å²) in [4.78, 5) is 24.7. The molecule has 1 heterocycles. The predicted molar refractivity (Wildman–Crippen MR) is 112 cm³/mol. The van der Waals surface area contributed by atoms with E-state index in [2.05, 4.69) is 24.3 Å². The second-order valence-corrected chi connectivity index (χ2v) is 7.27. The summed E-state index contributed by atoms with van der Waals surface area (Å²) in [6, 6.07) is 15.5. The van der Waals surface area contributed by atoms with Crippen molar-refractivity contribution < 1.29 is 13.9 Å². The molecule has 0 fully saturated rings. The molecule has 3 rings (SSSR count). The van der Waals surface area contributed by atoms with E-state index in [9.17, 15) is 14.0 Å². The molecule has 0 aliphatic carbocycles. The monoisotopic (exact) mass is 409 g/mol. The number of hydrogen-bond donors (Lipinski definition) is 1. The Labute approximate surface area is 174 Å². The predicted octanol–water partition coefficient (Wildman–Crippen LogP) is 3.73. The number of amides is 1. The molecule has 0 aliphatic heterocycles. The maximum Gasteiger partial charge on any atom is 0.272 e. The fourth-order valence-corrected chi connectivity index (χ4v) is 2.76. The molecule has 0 saturated carbocycles. The van der Waals surface area contributed by atoms with Crippen molar-refractivity contribution in [3.05, 3.63) is 88.1 Å².